The fraction of sp³-hybridized carbons (Fsp3) is 0.300. The number of methoxy groups -OCH3 is 2. The van der Waals surface area contributed by atoms with E-state index >= 15 is 0 Å². The van der Waals surface area contributed by atoms with E-state index in [4.69, 9.17) is 9.47 Å². The topological polar surface area (TPSA) is 35.5 Å². The third-order valence-corrected chi connectivity index (χ3v) is 1.79. The Morgan fingerprint density at radius 1 is 1.29 bits per heavy atom. The zero-order valence-electron chi connectivity index (χ0n) is 8.04. The van der Waals surface area contributed by atoms with E-state index in [2.05, 4.69) is 0 Å². The van der Waals surface area contributed by atoms with Gasteiger partial charge in [0.05, 0.1) is 20.6 Å². The number of hydrogen-bond acceptors (Lipinski definition) is 3. The van der Waals surface area contributed by atoms with Crippen LogP contribution < -0.4 is 9.47 Å². The van der Waals surface area contributed by atoms with Gasteiger partial charge in [0.25, 0.3) is 0 Å². The molecule has 0 aliphatic rings. The molecule has 0 N–H and O–H groups in total. The van der Waals surface area contributed by atoms with Crippen molar-refractivity contribution in [3.8, 4) is 11.5 Å². The molecule has 0 atom stereocenters. The van der Waals surface area contributed by atoms with Gasteiger partial charge < -0.3 is 9.47 Å². The fourth-order valence-electron chi connectivity index (χ4n) is 1.15. The molecule has 0 saturated carbocycles. The number of hydrogen-bond donors (Lipinski definition) is 0. The van der Waals surface area contributed by atoms with Gasteiger partial charge in [0.15, 0.2) is 11.5 Å². The van der Waals surface area contributed by atoms with Crippen LogP contribution in [0, 0.1) is 0 Å². The summed E-state index contributed by atoms with van der Waals surface area (Å²) in [6, 6.07) is 3.48. The van der Waals surface area contributed by atoms with Crippen LogP contribution in [0.5, 0.6) is 11.5 Å². The van der Waals surface area contributed by atoms with Gasteiger partial charge in [-0.25, -0.2) is 0 Å². The molecule has 0 unspecified atom stereocenters. The van der Waals surface area contributed by atoms with Crippen LogP contribution in [-0.2, 0) is 11.2 Å². The molecule has 1 aromatic rings. The first-order valence-electron chi connectivity index (χ1n) is 4.06. The van der Waals surface area contributed by atoms with E-state index in [-0.39, 0.29) is 6.42 Å². The Balaban J connectivity index is 2.95. The predicted octanol–water partition coefficient (Wildman–Crippen LogP) is 1.74. The second kappa shape index (κ2) is 4.60. The predicted molar refractivity (Wildman–Crippen MR) is 49.4 cm³/mol. The summed E-state index contributed by atoms with van der Waals surface area (Å²) in [6.45, 7) is 0. The van der Waals surface area contributed by atoms with Gasteiger partial charge in [-0.15, -0.1) is 0 Å². The van der Waals surface area contributed by atoms with Crippen molar-refractivity contribution >= 4 is 6.04 Å². The quantitative estimate of drug-likeness (QED) is 0.691. The Hall–Kier alpha value is -1.58. The molecule has 0 aliphatic heterocycles. The zero-order valence-corrected chi connectivity index (χ0v) is 8.04. The van der Waals surface area contributed by atoms with Crippen molar-refractivity contribution in [2.45, 2.75) is 6.42 Å². The number of rotatable bonds is 4. The van der Waals surface area contributed by atoms with Crippen molar-refractivity contribution in [2.24, 2.45) is 0 Å². The second-order valence-electron chi connectivity index (χ2n) is 2.72. The highest BCUT2D eigenvalue weighted by Gasteiger charge is 2.07. The lowest BCUT2D eigenvalue weighted by atomic mass is 10.1. The molecule has 4 heteroatoms. The Bertz CT molecular complexity index is 336. The van der Waals surface area contributed by atoms with Gasteiger partial charge in [-0.1, -0.05) is 6.07 Å². The summed E-state index contributed by atoms with van der Waals surface area (Å²) < 4.78 is 22.1. The molecule has 1 rings (SSSR count). The summed E-state index contributed by atoms with van der Waals surface area (Å²) >= 11 is 0. The van der Waals surface area contributed by atoms with Crippen LogP contribution in [0.4, 0.5) is 4.39 Å². The molecule has 0 fully saturated rings. The number of benzene rings is 1. The SMILES string of the molecule is COc1ccc(CC(=O)F)cc1OC. The van der Waals surface area contributed by atoms with E-state index in [1.807, 2.05) is 0 Å². The van der Waals surface area contributed by atoms with Crippen LogP contribution >= 0.6 is 0 Å². The van der Waals surface area contributed by atoms with Gasteiger partial charge in [-0.3, -0.25) is 4.79 Å². The van der Waals surface area contributed by atoms with E-state index < -0.39 is 6.04 Å². The maximum atomic E-state index is 12.1. The summed E-state index contributed by atoms with van der Waals surface area (Å²) in [5, 5.41) is 0. The standard InChI is InChI=1S/C10H11FO3/c1-13-8-4-3-7(6-10(11)12)5-9(8)14-2/h3-5H,6H2,1-2H3. The van der Waals surface area contributed by atoms with Crippen LogP contribution in [0.15, 0.2) is 18.2 Å². The average molecular weight is 198 g/mol. The van der Waals surface area contributed by atoms with Gasteiger partial charge in [-0.2, -0.15) is 4.39 Å². The first-order valence-corrected chi connectivity index (χ1v) is 4.06. The fourth-order valence-corrected chi connectivity index (χ4v) is 1.15. The van der Waals surface area contributed by atoms with Crippen molar-refractivity contribution in [3.05, 3.63) is 23.8 Å². The van der Waals surface area contributed by atoms with Crippen LogP contribution in [0.25, 0.3) is 0 Å². The molecule has 0 amide bonds. The summed E-state index contributed by atoms with van der Waals surface area (Å²) in [4.78, 5) is 10.2. The lowest BCUT2D eigenvalue weighted by Crippen LogP contribution is -1.96. The highest BCUT2D eigenvalue weighted by Crippen LogP contribution is 2.27. The van der Waals surface area contributed by atoms with Crippen LogP contribution in [-0.4, -0.2) is 20.3 Å². The molecular weight excluding hydrogens is 187 g/mol. The van der Waals surface area contributed by atoms with Crippen LogP contribution in [0.3, 0.4) is 0 Å². The Morgan fingerprint density at radius 3 is 2.43 bits per heavy atom. The minimum atomic E-state index is -1.36. The van der Waals surface area contributed by atoms with Gasteiger partial charge in [0, 0.05) is 0 Å². The number of carbonyl (C=O) groups excluding carboxylic acids is 1. The maximum absolute atomic E-state index is 12.1. The zero-order chi connectivity index (χ0) is 10.6. The Kier molecular flexibility index (Phi) is 3.45. The lowest BCUT2D eigenvalue weighted by molar-refractivity contribution is -0.128. The van der Waals surface area contributed by atoms with E-state index in [0.717, 1.165) is 0 Å². The first kappa shape index (κ1) is 10.5. The minimum Gasteiger partial charge on any atom is -0.493 e. The van der Waals surface area contributed by atoms with Crippen molar-refractivity contribution in [3.63, 3.8) is 0 Å². The van der Waals surface area contributed by atoms with Crippen molar-refractivity contribution in [1.29, 1.82) is 0 Å². The molecule has 0 bridgehead atoms. The third-order valence-electron chi connectivity index (χ3n) is 1.79. The number of ether oxygens (including phenoxy) is 2. The maximum Gasteiger partial charge on any atom is 0.305 e. The van der Waals surface area contributed by atoms with E-state index in [0.29, 0.717) is 17.1 Å². The molecule has 3 nitrogen and oxygen atoms in total. The van der Waals surface area contributed by atoms with Gasteiger partial charge >= 0.3 is 6.04 Å². The lowest BCUT2D eigenvalue weighted by Gasteiger charge is -2.08. The molecule has 1 aromatic carbocycles. The molecule has 0 spiro atoms. The van der Waals surface area contributed by atoms with E-state index in [9.17, 15) is 9.18 Å². The highest BCUT2D eigenvalue weighted by molar-refractivity contribution is 5.71. The molecule has 0 heterocycles. The van der Waals surface area contributed by atoms with Crippen molar-refractivity contribution in [1.82, 2.24) is 0 Å². The van der Waals surface area contributed by atoms with E-state index in [1.54, 1.807) is 18.2 Å². The van der Waals surface area contributed by atoms with Crippen LogP contribution in [0.1, 0.15) is 5.56 Å². The number of halogens is 1. The molecule has 76 valence electrons. The first-order chi connectivity index (χ1) is 6.67. The van der Waals surface area contributed by atoms with Gasteiger partial charge in [0.2, 0.25) is 0 Å². The average Bonchev–Trinajstić information content (AvgIpc) is 2.16. The molecule has 0 radical (unpaired) electrons. The summed E-state index contributed by atoms with van der Waals surface area (Å²) in [5.41, 5.74) is 0.565. The molecule has 0 saturated heterocycles. The van der Waals surface area contributed by atoms with Crippen molar-refractivity contribution in [2.75, 3.05) is 14.2 Å². The monoisotopic (exact) mass is 198 g/mol. The Labute approximate surface area is 81.4 Å². The Morgan fingerprint density at radius 2 is 1.93 bits per heavy atom. The smallest absolute Gasteiger partial charge is 0.305 e. The highest BCUT2D eigenvalue weighted by atomic mass is 19.1. The molecule has 14 heavy (non-hydrogen) atoms. The minimum absolute atomic E-state index is 0.236. The summed E-state index contributed by atoms with van der Waals surface area (Å²) in [7, 11) is 3.00. The molecule has 0 aliphatic carbocycles. The largest absolute Gasteiger partial charge is 0.493 e. The van der Waals surface area contributed by atoms with E-state index in [1.165, 1.54) is 14.2 Å². The van der Waals surface area contributed by atoms with Crippen LogP contribution in [0.2, 0.25) is 0 Å². The summed E-state index contributed by atoms with van der Waals surface area (Å²) in [6.07, 6.45) is -0.236. The van der Waals surface area contributed by atoms with Crippen molar-refractivity contribution < 1.29 is 18.7 Å². The second-order valence-corrected chi connectivity index (χ2v) is 2.72. The van der Waals surface area contributed by atoms with Gasteiger partial charge in [-0.05, 0) is 17.7 Å². The normalized spacial score (nSPS) is 9.64. The molecular formula is C10H11FO3. The number of carbonyl (C=O) groups is 1. The summed E-state index contributed by atoms with van der Waals surface area (Å²) in [5.74, 6) is 1.05. The molecule has 0 aromatic heterocycles. The third kappa shape index (κ3) is 2.45. The van der Waals surface area contributed by atoms with Gasteiger partial charge in [0.1, 0.15) is 0 Å².